The summed E-state index contributed by atoms with van der Waals surface area (Å²) in [6.45, 7) is 0.841. The maximum absolute atomic E-state index is 5.79. The summed E-state index contributed by atoms with van der Waals surface area (Å²) in [7, 11) is 0. The lowest BCUT2D eigenvalue weighted by molar-refractivity contribution is 1.15. The highest BCUT2D eigenvalue weighted by Crippen LogP contribution is 2.14. The van der Waals surface area contributed by atoms with Gasteiger partial charge in [-0.2, -0.15) is 11.3 Å². The average Bonchev–Trinajstić information content (AvgIpc) is 2.70. The van der Waals surface area contributed by atoms with Crippen LogP contribution >= 0.6 is 22.9 Å². The van der Waals surface area contributed by atoms with Crippen LogP contribution in [0.25, 0.3) is 0 Å². The summed E-state index contributed by atoms with van der Waals surface area (Å²) < 4.78 is 0. The first-order valence-corrected chi connectivity index (χ1v) is 5.67. The summed E-state index contributed by atoms with van der Waals surface area (Å²) in [6.07, 6.45) is 0. The van der Waals surface area contributed by atoms with Gasteiger partial charge in [0.1, 0.15) is 0 Å². The fourth-order valence-electron chi connectivity index (χ4n) is 1.17. The highest BCUT2D eigenvalue weighted by Gasteiger charge is 1.94. The summed E-state index contributed by atoms with van der Waals surface area (Å²) in [5.74, 6) is 0. The van der Waals surface area contributed by atoms with Crippen molar-refractivity contribution in [2.24, 2.45) is 0 Å². The third-order valence-electron chi connectivity index (χ3n) is 1.93. The van der Waals surface area contributed by atoms with E-state index in [-0.39, 0.29) is 0 Å². The lowest BCUT2D eigenvalue weighted by Crippen LogP contribution is -1.97. The fourth-order valence-corrected chi connectivity index (χ4v) is 1.91. The van der Waals surface area contributed by atoms with Gasteiger partial charge in [0.15, 0.2) is 0 Å². The van der Waals surface area contributed by atoms with Gasteiger partial charge in [0.25, 0.3) is 0 Å². The number of rotatable bonds is 3. The van der Waals surface area contributed by atoms with Crippen LogP contribution in [0.4, 0.5) is 5.69 Å². The molecular formula is C11H10ClNS. The Hall–Kier alpha value is -0.990. The molecule has 0 fully saturated rings. The van der Waals surface area contributed by atoms with E-state index in [1.54, 1.807) is 11.3 Å². The fraction of sp³-hybridized carbons (Fsp3) is 0.0909. The van der Waals surface area contributed by atoms with Crippen LogP contribution in [0.15, 0.2) is 41.1 Å². The molecule has 0 atom stereocenters. The monoisotopic (exact) mass is 223 g/mol. The molecule has 1 heterocycles. The molecule has 0 aliphatic carbocycles. The lowest BCUT2D eigenvalue weighted by atomic mass is 10.2. The Morgan fingerprint density at radius 3 is 2.57 bits per heavy atom. The van der Waals surface area contributed by atoms with Crippen molar-refractivity contribution in [1.29, 1.82) is 0 Å². The van der Waals surface area contributed by atoms with E-state index < -0.39 is 0 Å². The first kappa shape index (κ1) is 9.56. The van der Waals surface area contributed by atoms with Crippen LogP contribution < -0.4 is 5.32 Å². The molecule has 0 aliphatic rings. The molecule has 0 aliphatic heterocycles. The predicted molar refractivity (Wildman–Crippen MR) is 63.1 cm³/mol. The first-order valence-electron chi connectivity index (χ1n) is 4.35. The van der Waals surface area contributed by atoms with Gasteiger partial charge in [0, 0.05) is 22.6 Å². The summed E-state index contributed by atoms with van der Waals surface area (Å²) in [5, 5.41) is 8.26. The zero-order chi connectivity index (χ0) is 9.80. The number of nitrogens with one attached hydrogen (secondary N) is 1. The maximum Gasteiger partial charge on any atom is 0.0451 e. The van der Waals surface area contributed by atoms with Crippen LogP contribution in [0.2, 0.25) is 5.02 Å². The Bertz CT molecular complexity index is 380. The molecule has 0 radical (unpaired) electrons. The molecule has 0 saturated carbocycles. The molecule has 72 valence electrons. The zero-order valence-corrected chi connectivity index (χ0v) is 9.11. The van der Waals surface area contributed by atoms with Crippen LogP contribution in [-0.2, 0) is 6.54 Å². The molecular weight excluding hydrogens is 214 g/mol. The van der Waals surface area contributed by atoms with Gasteiger partial charge in [0.05, 0.1) is 0 Å². The van der Waals surface area contributed by atoms with Gasteiger partial charge in [-0.15, -0.1) is 0 Å². The summed E-state index contributed by atoms with van der Waals surface area (Å²) >= 11 is 7.49. The van der Waals surface area contributed by atoms with Crippen LogP contribution in [0, 0.1) is 0 Å². The highest BCUT2D eigenvalue weighted by molar-refractivity contribution is 7.08. The molecule has 0 saturated heterocycles. The smallest absolute Gasteiger partial charge is 0.0451 e. The van der Waals surface area contributed by atoms with Crippen molar-refractivity contribution in [3.8, 4) is 0 Å². The molecule has 2 rings (SSSR count). The number of thiophene rings is 1. The van der Waals surface area contributed by atoms with Crippen LogP contribution in [0.1, 0.15) is 5.56 Å². The summed E-state index contributed by atoms with van der Waals surface area (Å²) in [5.41, 5.74) is 2.41. The standard InChI is InChI=1S/C11H10ClNS/c12-10-3-1-9(2-4-10)7-13-11-5-6-14-8-11/h1-6,8,13H,7H2. The van der Waals surface area contributed by atoms with E-state index in [0.717, 1.165) is 11.6 Å². The van der Waals surface area contributed by atoms with Crippen molar-refractivity contribution in [3.63, 3.8) is 0 Å². The molecule has 0 amide bonds. The van der Waals surface area contributed by atoms with Crippen molar-refractivity contribution in [3.05, 3.63) is 51.7 Å². The van der Waals surface area contributed by atoms with Crippen molar-refractivity contribution < 1.29 is 0 Å². The second-order valence-corrected chi connectivity index (χ2v) is 4.21. The lowest BCUT2D eigenvalue weighted by Gasteiger charge is -2.03. The van der Waals surface area contributed by atoms with Crippen molar-refractivity contribution in [2.75, 3.05) is 5.32 Å². The van der Waals surface area contributed by atoms with E-state index in [1.807, 2.05) is 24.3 Å². The highest BCUT2D eigenvalue weighted by atomic mass is 35.5. The average molecular weight is 224 g/mol. The van der Waals surface area contributed by atoms with Crippen molar-refractivity contribution in [1.82, 2.24) is 0 Å². The number of halogens is 1. The van der Waals surface area contributed by atoms with Crippen LogP contribution in [-0.4, -0.2) is 0 Å². The first-order chi connectivity index (χ1) is 6.84. The molecule has 1 nitrogen and oxygen atoms in total. The third kappa shape index (κ3) is 2.50. The molecule has 1 aromatic heterocycles. The van der Waals surface area contributed by atoms with E-state index in [4.69, 9.17) is 11.6 Å². The van der Waals surface area contributed by atoms with E-state index in [0.29, 0.717) is 0 Å². The van der Waals surface area contributed by atoms with Gasteiger partial charge in [0.2, 0.25) is 0 Å². The minimum atomic E-state index is 0.782. The molecule has 2 aromatic rings. The molecule has 0 unspecified atom stereocenters. The second-order valence-electron chi connectivity index (χ2n) is 2.99. The molecule has 1 aromatic carbocycles. The molecule has 1 N–H and O–H groups in total. The Labute approximate surface area is 92.3 Å². The second kappa shape index (κ2) is 4.49. The minimum absolute atomic E-state index is 0.782. The quantitative estimate of drug-likeness (QED) is 0.829. The number of hydrogen-bond donors (Lipinski definition) is 1. The van der Waals surface area contributed by atoms with Gasteiger partial charge in [-0.1, -0.05) is 23.7 Å². The van der Waals surface area contributed by atoms with Gasteiger partial charge < -0.3 is 5.32 Å². The topological polar surface area (TPSA) is 12.0 Å². The SMILES string of the molecule is Clc1ccc(CNc2ccsc2)cc1. The van der Waals surface area contributed by atoms with E-state index in [9.17, 15) is 0 Å². The maximum atomic E-state index is 5.79. The van der Waals surface area contributed by atoms with Gasteiger partial charge in [-0.05, 0) is 29.1 Å². The van der Waals surface area contributed by atoms with E-state index in [1.165, 1.54) is 11.3 Å². The summed E-state index contributed by atoms with van der Waals surface area (Å²) in [6, 6.07) is 9.95. The van der Waals surface area contributed by atoms with E-state index in [2.05, 4.69) is 22.1 Å². The number of hydrogen-bond acceptors (Lipinski definition) is 2. The summed E-state index contributed by atoms with van der Waals surface area (Å²) in [4.78, 5) is 0. The van der Waals surface area contributed by atoms with Crippen LogP contribution in [0.5, 0.6) is 0 Å². The number of benzene rings is 1. The van der Waals surface area contributed by atoms with E-state index >= 15 is 0 Å². The van der Waals surface area contributed by atoms with Crippen molar-refractivity contribution >= 4 is 28.6 Å². The minimum Gasteiger partial charge on any atom is -0.380 e. The van der Waals surface area contributed by atoms with Crippen molar-refractivity contribution in [2.45, 2.75) is 6.54 Å². The van der Waals surface area contributed by atoms with Gasteiger partial charge >= 0.3 is 0 Å². The normalized spacial score (nSPS) is 10.1. The van der Waals surface area contributed by atoms with Crippen LogP contribution in [0.3, 0.4) is 0 Å². The predicted octanol–water partition coefficient (Wildman–Crippen LogP) is 4.01. The molecule has 3 heteroatoms. The van der Waals surface area contributed by atoms with Gasteiger partial charge in [-0.25, -0.2) is 0 Å². The Morgan fingerprint density at radius 2 is 1.93 bits per heavy atom. The largest absolute Gasteiger partial charge is 0.380 e. The number of anilines is 1. The molecule has 0 spiro atoms. The van der Waals surface area contributed by atoms with Gasteiger partial charge in [-0.3, -0.25) is 0 Å². The Morgan fingerprint density at radius 1 is 1.14 bits per heavy atom. The zero-order valence-electron chi connectivity index (χ0n) is 7.53. The molecule has 14 heavy (non-hydrogen) atoms. The Kier molecular flexibility index (Phi) is 3.07. The molecule has 0 bridgehead atoms. The Balaban J connectivity index is 1.95. The third-order valence-corrected chi connectivity index (χ3v) is 2.87.